The molecule has 4 rings (SSSR count). The van der Waals surface area contributed by atoms with Crippen LogP contribution in [-0.4, -0.2) is 17.2 Å². The third kappa shape index (κ3) is 4.16. The van der Waals surface area contributed by atoms with Crippen molar-refractivity contribution < 1.29 is 22.0 Å². The molecule has 2 heterocycles. The summed E-state index contributed by atoms with van der Waals surface area (Å²) in [6, 6.07) is 17.0. The second kappa shape index (κ2) is 7.46. The van der Waals surface area contributed by atoms with Gasteiger partial charge >= 0.3 is 12.1 Å². The summed E-state index contributed by atoms with van der Waals surface area (Å²) in [5.41, 5.74) is 4.55. The summed E-state index contributed by atoms with van der Waals surface area (Å²) in [7, 11) is 1.97. The lowest BCUT2D eigenvalue weighted by Crippen LogP contribution is -2.16. The molecule has 2 aromatic carbocycles. The molecule has 0 amide bonds. The Morgan fingerprint density at radius 1 is 0.862 bits per heavy atom. The Bertz CT molecular complexity index is 1070. The fraction of sp³-hybridized carbons (Fsp3) is 0.143. The van der Waals surface area contributed by atoms with Crippen LogP contribution in [0.25, 0.3) is 22.6 Å². The van der Waals surface area contributed by atoms with Crippen molar-refractivity contribution in [2.75, 3.05) is 11.9 Å². The van der Waals surface area contributed by atoms with Gasteiger partial charge in [-0.05, 0) is 41.5 Å². The molecule has 0 saturated heterocycles. The standard InChI is InChI=1S/C21H16F3N3O2/c1-27(18-8-6-15(7-9-18)17-10-11-28-13-17)12-14-2-4-16(5-3-14)19-25-26-20(29-19)21(22,23)24/h2-11,13H,12H2,1H3. The minimum Gasteiger partial charge on any atom is -0.472 e. The summed E-state index contributed by atoms with van der Waals surface area (Å²) in [5, 5.41) is 6.51. The zero-order valence-corrected chi connectivity index (χ0v) is 15.3. The maximum absolute atomic E-state index is 12.6. The molecule has 0 aliphatic heterocycles. The number of hydrogen-bond acceptors (Lipinski definition) is 5. The fourth-order valence-corrected chi connectivity index (χ4v) is 2.91. The van der Waals surface area contributed by atoms with E-state index < -0.39 is 12.1 Å². The molecule has 0 fully saturated rings. The first-order chi connectivity index (χ1) is 13.9. The van der Waals surface area contributed by atoms with E-state index in [0.717, 1.165) is 22.4 Å². The number of benzene rings is 2. The van der Waals surface area contributed by atoms with Crippen molar-refractivity contribution in [1.82, 2.24) is 10.2 Å². The largest absolute Gasteiger partial charge is 0.472 e. The molecule has 0 N–H and O–H groups in total. The molecule has 0 saturated carbocycles. The first-order valence-electron chi connectivity index (χ1n) is 8.74. The lowest BCUT2D eigenvalue weighted by molar-refractivity contribution is -0.156. The van der Waals surface area contributed by atoms with Gasteiger partial charge in [0.2, 0.25) is 5.89 Å². The third-order valence-corrected chi connectivity index (χ3v) is 4.45. The predicted octanol–water partition coefficient (Wildman–Crippen LogP) is 5.65. The lowest BCUT2D eigenvalue weighted by Gasteiger charge is -2.20. The Labute approximate surface area is 164 Å². The van der Waals surface area contributed by atoms with E-state index in [1.54, 1.807) is 24.7 Å². The van der Waals surface area contributed by atoms with Gasteiger partial charge in [-0.25, -0.2) is 0 Å². The Kier molecular flexibility index (Phi) is 4.84. The highest BCUT2D eigenvalue weighted by Gasteiger charge is 2.38. The van der Waals surface area contributed by atoms with Crippen molar-refractivity contribution >= 4 is 5.69 Å². The molecule has 148 valence electrons. The van der Waals surface area contributed by atoms with E-state index in [4.69, 9.17) is 8.83 Å². The van der Waals surface area contributed by atoms with E-state index in [1.807, 2.05) is 49.5 Å². The van der Waals surface area contributed by atoms with Gasteiger partial charge in [-0.2, -0.15) is 13.2 Å². The van der Waals surface area contributed by atoms with Gasteiger partial charge in [-0.15, -0.1) is 10.2 Å². The van der Waals surface area contributed by atoms with Crippen LogP contribution in [0.2, 0.25) is 0 Å². The number of halogens is 3. The van der Waals surface area contributed by atoms with E-state index in [0.29, 0.717) is 12.1 Å². The highest BCUT2D eigenvalue weighted by molar-refractivity contribution is 5.65. The quantitative estimate of drug-likeness (QED) is 0.434. The zero-order valence-electron chi connectivity index (χ0n) is 15.3. The van der Waals surface area contributed by atoms with Crippen LogP contribution in [-0.2, 0) is 12.7 Å². The van der Waals surface area contributed by atoms with Gasteiger partial charge in [-0.3, -0.25) is 0 Å². The van der Waals surface area contributed by atoms with Gasteiger partial charge in [0, 0.05) is 30.4 Å². The van der Waals surface area contributed by atoms with Crippen LogP contribution in [0, 0.1) is 0 Å². The number of nitrogens with zero attached hydrogens (tertiary/aromatic N) is 3. The van der Waals surface area contributed by atoms with E-state index in [2.05, 4.69) is 15.1 Å². The van der Waals surface area contributed by atoms with Crippen molar-refractivity contribution in [1.29, 1.82) is 0 Å². The molecule has 0 bridgehead atoms. The summed E-state index contributed by atoms with van der Waals surface area (Å²) in [4.78, 5) is 2.07. The lowest BCUT2D eigenvalue weighted by atomic mass is 10.1. The molecule has 0 radical (unpaired) electrons. The van der Waals surface area contributed by atoms with Gasteiger partial charge < -0.3 is 13.7 Å². The zero-order chi connectivity index (χ0) is 20.4. The number of anilines is 1. The fourth-order valence-electron chi connectivity index (χ4n) is 2.91. The predicted molar refractivity (Wildman–Crippen MR) is 101 cm³/mol. The monoisotopic (exact) mass is 399 g/mol. The second-order valence-electron chi connectivity index (χ2n) is 6.52. The summed E-state index contributed by atoms with van der Waals surface area (Å²) in [6.45, 7) is 0.628. The second-order valence-corrected chi connectivity index (χ2v) is 6.52. The smallest absolute Gasteiger partial charge is 0.470 e. The molecule has 0 atom stereocenters. The highest BCUT2D eigenvalue weighted by Crippen LogP contribution is 2.30. The van der Waals surface area contributed by atoms with Crippen molar-refractivity contribution in [2.45, 2.75) is 12.7 Å². The summed E-state index contributed by atoms with van der Waals surface area (Å²) in [6.07, 6.45) is -1.32. The Morgan fingerprint density at radius 3 is 2.14 bits per heavy atom. The molecule has 29 heavy (non-hydrogen) atoms. The molecule has 5 nitrogen and oxygen atoms in total. The Morgan fingerprint density at radius 2 is 1.55 bits per heavy atom. The van der Waals surface area contributed by atoms with Gasteiger partial charge in [0.25, 0.3) is 0 Å². The van der Waals surface area contributed by atoms with Crippen molar-refractivity contribution in [2.24, 2.45) is 0 Å². The van der Waals surface area contributed by atoms with Crippen LogP contribution in [0.4, 0.5) is 18.9 Å². The molecule has 0 aliphatic carbocycles. The van der Waals surface area contributed by atoms with E-state index in [-0.39, 0.29) is 5.89 Å². The van der Waals surface area contributed by atoms with Gasteiger partial charge in [0.05, 0.1) is 12.5 Å². The number of hydrogen-bond donors (Lipinski definition) is 0. The van der Waals surface area contributed by atoms with Gasteiger partial charge in [0.15, 0.2) is 0 Å². The molecular weight excluding hydrogens is 383 g/mol. The number of furan rings is 1. The topological polar surface area (TPSA) is 55.3 Å². The molecule has 0 spiro atoms. The first-order valence-corrected chi connectivity index (χ1v) is 8.74. The van der Waals surface area contributed by atoms with Crippen molar-refractivity contribution in [3.8, 4) is 22.6 Å². The van der Waals surface area contributed by atoms with Crippen LogP contribution in [0.5, 0.6) is 0 Å². The minimum absolute atomic E-state index is 0.160. The average molecular weight is 399 g/mol. The van der Waals surface area contributed by atoms with Crippen LogP contribution in [0.1, 0.15) is 11.5 Å². The van der Waals surface area contributed by atoms with Crippen LogP contribution < -0.4 is 4.90 Å². The first kappa shape index (κ1) is 18.8. The van der Waals surface area contributed by atoms with E-state index in [1.165, 1.54) is 0 Å². The van der Waals surface area contributed by atoms with Crippen LogP contribution >= 0.6 is 0 Å². The molecule has 0 unspecified atom stereocenters. The SMILES string of the molecule is CN(Cc1ccc(-c2nnc(C(F)(F)F)o2)cc1)c1ccc(-c2ccoc2)cc1. The Balaban J connectivity index is 1.44. The highest BCUT2D eigenvalue weighted by atomic mass is 19.4. The number of rotatable bonds is 5. The number of alkyl halides is 3. The number of aromatic nitrogens is 2. The maximum atomic E-state index is 12.6. The van der Waals surface area contributed by atoms with Crippen LogP contribution in [0.15, 0.2) is 76.0 Å². The molecule has 4 aromatic rings. The maximum Gasteiger partial charge on any atom is 0.470 e. The normalized spacial score (nSPS) is 11.6. The third-order valence-electron chi connectivity index (χ3n) is 4.45. The molecule has 8 heteroatoms. The summed E-state index contributed by atoms with van der Waals surface area (Å²) < 4.78 is 47.6. The van der Waals surface area contributed by atoms with Crippen LogP contribution in [0.3, 0.4) is 0 Å². The van der Waals surface area contributed by atoms with Crippen molar-refractivity contribution in [3.05, 3.63) is 78.6 Å². The van der Waals surface area contributed by atoms with Crippen molar-refractivity contribution in [3.63, 3.8) is 0 Å². The average Bonchev–Trinajstić information content (AvgIpc) is 3.41. The molecule has 0 aliphatic rings. The van der Waals surface area contributed by atoms with Gasteiger partial charge in [-0.1, -0.05) is 24.3 Å². The van der Waals surface area contributed by atoms with E-state index in [9.17, 15) is 13.2 Å². The summed E-state index contributed by atoms with van der Waals surface area (Å²) >= 11 is 0. The summed E-state index contributed by atoms with van der Waals surface area (Å²) in [5.74, 6) is -1.51. The van der Waals surface area contributed by atoms with E-state index >= 15 is 0 Å². The molecular formula is C21H16F3N3O2. The van der Waals surface area contributed by atoms with Gasteiger partial charge in [0.1, 0.15) is 0 Å². The Hall–Kier alpha value is -3.55. The molecule has 2 aromatic heterocycles. The minimum atomic E-state index is -4.65.